The number of benzene rings is 1. The highest BCUT2D eigenvalue weighted by molar-refractivity contribution is 5.76. The average Bonchev–Trinajstić information content (AvgIpc) is 3.26. The van der Waals surface area contributed by atoms with Crippen molar-refractivity contribution in [1.29, 1.82) is 5.26 Å². The Hall–Kier alpha value is -3.80. The van der Waals surface area contributed by atoms with E-state index in [1.54, 1.807) is 4.68 Å². The van der Waals surface area contributed by atoms with Gasteiger partial charge in [0, 0.05) is 32.1 Å². The van der Waals surface area contributed by atoms with Crippen molar-refractivity contribution in [2.45, 2.75) is 46.1 Å². The molecule has 9 nitrogen and oxygen atoms in total. The summed E-state index contributed by atoms with van der Waals surface area (Å²) in [6.45, 7) is 8.19. The lowest BCUT2D eigenvalue weighted by molar-refractivity contribution is 0.470. The van der Waals surface area contributed by atoms with Gasteiger partial charge in [-0.25, -0.2) is 19.9 Å². The molecule has 1 aliphatic rings. The van der Waals surface area contributed by atoms with E-state index in [9.17, 15) is 0 Å². The van der Waals surface area contributed by atoms with Crippen molar-refractivity contribution in [3.8, 4) is 11.9 Å². The van der Waals surface area contributed by atoms with Crippen LogP contribution in [0.15, 0.2) is 30.3 Å². The fourth-order valence-electron chi connectivity index (χ4n) is 4.33. The zero-order valence-electron chi connectivity index (χ0n) is 18.5. The van der Waals surface area contributed by atoms with Crippen LogP contribution < -0.4 is 4.90 Å². The minimum Gasteiger partial charge on any atom is -0.355 e. The van der Waals surface area contributed by atoms with Crippen LogP contribution in [0, 0.1) is 32.1 Å². The third kappa shape index (κ3) is 3.58. The van der Waals surface area contributed by atoms with Gasteiger partial charge in [-0.3, -0.25) is 0 Å². The van der Waals surface area contributed by atoms with Crippen molar-refractivity contribution >= 4 is 16.9 Å². The van der Waals surface area contributed by atoms with E-state index in [4.69, 9.17) is 10.2 Å². The number of anilines is 1. The molecule has 0 amide bonds. The summed E-state index contributed by atoms with van der Waals surface area (Å²) in [6.07, 6.45) is 1.37. The second kappa shape index (κ2) is 8.04. The molecule has 5 rings (SSSR count). The highest BCUT2D eigenvalue weighted by atomic mass is 15.4. The Bertz CT molecular complexity index is 1320. The molecule has 4 aromatic rings. The smallest absolute Gasteiger partial charge is 0.161 e. The van der Waals surface area contributed by atoms with Gasteiger partial charge < -0.3 is 9.47 Å². The first-order valence-electron chi connectivity index (χ1n) is 10.9. The first-order valence-corrected chi connectivity index (χ1v) is 10.9. The van der Waals surface area contributed by atoms with Crippen molar-refractivity contribution in [2.24, 2.45) is 0 Å². The van der Waals surface area contributed by atoms with Crippen LogP contribution in [0.25, 0.3) is 16.9 Å². The lowest BCUT2D eigenvalue weighted by Crippen LogP contribution is -2.46. The van der Waals surface area contributed by atoms with E-state index in [0.717, 1.165) is 66.2 Å². The molecule has 1 aliphatic heterocycles. The van der Waals surface area contributed by atoms with E-state index in [0.29, 0.717) is 18.2 Å². The Labute approximate surface area is 186 Å². The average molecular weight is 428 g/mol. The summed E-state index contributed by atoms with van der Waals surface area (Å²) in [4.78, 5) is 20.8. The Morgan fingerprint density at radius 2 is 1.78 bits per heavy atom. The predicted octanol–water partition coefficient (Wildman–Crippen LogP) is 3.24. The van der Waals surface area contributed by atoms with E-state index in [1.807, 2.05) is 39.0 Å². The second-order valence-electron chi connectivity index (χ2n) is 8.22. The summed E-state index contributed by atoms with van der Waals surface area (Å²) in [7, 11) is 0. The van der Waals surface area contributed by atoms with Crippen molar-refractivity contribution < 1.29 is 0 Å². The van der Waals surface area contributed by atoms with E-state index >= 15 is 0 Å². The molecule has 0 bridgehead atoms. The van der Waals surface area contributed by atoms with Crippen LogP contribution >= 0.6 is 0 Å². The van der Waals surface area contributed by atoms with Gasteiger partial charge in [0.05, 0.1) is 23.0 Å². The monoisotopic (exact) mass is 427 g/mol. The van der Waals surface area contributed by atoms with Crippen LogP contribution in [0.4, 0.5) is 5.82 Å². The molecule has 0 unspecified atom stereocenters. The fourth-order valence-corrected chi connectivity index (χ4v) is 4.33. The van der Waals surface area contributed by atoms with Crippen molar-refractivity contribution in [1.82, 2.24) is 34.3 Å². The molecular formula is C23H25N9. The largest absolute Gasteiger partial charge is 0.355 e. The maximum absolute atomic E-state index is 8.95. The molecular weight excluding hydrogens is 402 g/mol. The maximum atomic E-state index is 8.95. The Morgan fingerprint density at radius 1 is 1.00 bits per heavy atom. The topological polar surface area (TPSA) is 101 Å². The standard InChI is InChI=1S/C23H25N9/c1-15-26-21(12-22(27-15)32-17(3)25-16(2)29-32)30-13-18(14-30)23-28-19-8-4-5-9-20(19)31(23)11-7-6-10-24/h4-5,8-9,12,18H,6-7,11,13-14H2,1-3H3. The van der Waals surface area contributed by atoms with E-state index < -0.39 is 0 Å². The number of nitrogens with zero attached hydrogens (tertiary/aromatic N) is 9. The van der Waals surface area contributed by atoms with Gasteiger partial charge >= 0.3 is 0 Å². The third-order valence-corrected chi connectivity index (χ3v) is 5.83. The van der Waals surface area contributed by atoms with Crippen LogP contribution in [0.3, 0.4) is 0 Å². The summed E-state index contributed by atoms with van der Waals surface area (Å²) in [5.41, 5.74) is 2.14. The molecule has 4 heterocycles. The zero-order chi connectivity index (χ0) is 22.2. The number of imidazole rings is 1. The van der Waals surface area contributed by atoms with Gasteiger partial charge in [-0.1, -0.05) is 12.1 Å². The molecule has 3 aromatic heterocycles. The lowest BCUT2D eigenvalue weighted by Gasteiger charge is -2.40. The van der Waals surface area contributed by atoms with Gasteiger partial charge in [-0.2, -0.15) is 9.94 Å². The van der Waals surface area contributed by atoms with Gasteiger partial charge in [0.1, 0.15) is 29.1 Å². The van der Waals surface area contributed by atoms with Gasteiger partial charge in [0.2, 0.25) is 0 Å². The SMILES string of the molecule is Cc1nc(N2CC(c3nc4ccccc4n3CCCC#N)C2)cc(-n2nc(C)nc2C)n1. The molecule has 1 saturated heterocycles. The fraction of sp³-hybridized carbons (Fsp3) is 0.391. The second-order valence-corrected chi connectivity index (χ2v) is 8.22. The molecule has 0 saturated carbocycles. The van der Waals surface area contributed by atoms with E-state index in [1.165, 1.54) is 0 Å². The molecule has 32 heavy (non-hydrogen) atoms. The van der Waals surface area contributed by atoms with Gasteiger partial charge in [-0.15, -0.1) is 5.10 Å². The Balaban J connectivity index is 1.40. The summed E-state index contributed by atoms with van der Waals surface area (Å²) >= 11 is 0. The van der Waals surface area contributed by atoms with Crippen LogP contribution in [-0.2, 0) is 6.54 Å². The van der Waals surface area contributed by atoms with Crippen molar-refractivity contribution in [3.63, 3.8) is 0 Å². The molecule has 9 heteroatoms. The van der Waals surface area contributed by atoms with Crippen LogP contribution in [0.5, 0.6) is 0 Å². The number of aryl methyl sites for hydroxylation is 4. The van der Waals surface area contributed by atoms with Crippen LogP contribution in [0.2, 0.25) is 0 Å². The van der Waals surface area contributed by atoms with E-state index in [-0.39, 0.29) is 0 Å². The molecule has 0 spiro atoms. The number of hydrogen-bond donors (Lipinski definition) is 0. The van der Waals surface area contributed by atoms with Gasteiger partial charge in [-0.05, 0) is 39.3 Å². The number of rotatable bonds is 6. The lowest BCUT2D eigenvalue weighted by atomic mass is 9.99. The zero-order valence-corrected chi connectivity index (χ0v) is 18.5. The summed E-state index contributed by atoms with van der Waals surface area (Å²) in [5, 5.41) is 13.4. The molecule has 162 valence electrons. The van der Waals surface area contributed by atoms with Gasteiger partial charge in [0.25, 0.3) is 0 Å². The highest BCUT2D eigenvalue weighted by Crippen LogP contribution is 2.33. The minimum absolute atomic E-state index is 0.318. The molecule has 1 fully saturated rings. The summed E-state index contributed by atoms with van der Waals surface area (Å²) in [6, 6.07) is 12.4. The summed E-state index contributed by atoms with van der Waals surface area (Å²) in [5.74, 6) is 5.27. The molecule has 1 aromatic carbocycles. The number of nitriles is 1. The van der Waals surface area contributed by atoms with E-state index in [2.05, 4.69) is 47.7 Å². The first-order chi connectivity index (χ1) is 15.5. The minimum atomic E-state index is 0.318. The first kappa shape index (κ1) is 20.1. The molecule has 0 N–H and O–H groups in total. The number of para-hydroxylation sites is 2. The van der Waals surface area contributed by atoms with Crippen LogP contribution in [0.1, 0.15) is 42.1 Å². The van der Waals surface area contributed by atoms with Crippen molar-refractivity contribution in [2.75, 3.05) is 18.0 Å². The molecule has 0 aliphatic carbocycles. The number of aromatic nitrogens is 7. The maximum Gasteiger partial charge on any atom is 0.161 e. The Kier molecular flexibility index (Phi) is 5.05. The predicted molar refractivity (Wildman–Crippen MR) is 121 cm³/mol. The number of fused-ring (bicyclic) bond motifs is 1. The normalized spacial score (nSPS) is 14.0. The van der Waals surface area contributed by atoms with Crippen molar-refractivity contribution in [3.05, 3.63) is 53.6 Å². The number of hydrogen-bond acceptors (Lipinski definition) is 7. The molecule has 0 radical (unpaired) electrons. The summed E-state index contributed by atoms with van der Waals surface area (Å²) < 4.78 is 4.05. The molecule has 0 atom stereocenters. The Morgan fingerprint density at radius 3 is 2.53 bits per heavy atom. The quantitative estimate of drug-likeness (QED) is 0.435. The highest BCUT2D eigenvalue weighted by Gasteiger charge is 2.33. The van der Waals surface area contributed by atoms with Gasteiger partial charge in [0.15, 0.2) is 5.82 Å². The number of unbranched alkanes of at least 4 members (excludes halogenated alkanes) is 1. The third-order valence-electron chi connectivity index (χ3n) is 5.83. The van der Waals surface area contributed by atoms with Crippen LogP contribution in [-0.4, -0.2) is 47.4 Å².